The van der Waals surface area contributed by atoms with Gasteiger partial charge >= 0.3 is 0 Å². The molecule has 1 aromatic rings. The fourth-order valence-electron chi connectivity index (χ4n) is 3.49. The molecule has 0 aliphatic heterocycles. The van der Waals surface area contributed by atoms with Gasteiger partial charge in [-0.15, -0.1) is 0 Å². The normalized spacial score (nSPS) is 22.5. The lowest BCUT2D eigenvalue weighted by Gasteiger charge is -2.46. The second-order valence-corrected chi connectivity index (χ2v) is 7.33. The summed E-state index contributed by atoms with van der Waals surface area (Å²) < 4.78 is 5.94. The highest BCUT2D eigenvalue weighted by Gasteiger charge is 2.43. The van der Waals surface area contributed by atoms with E-state index in [0.717, 1.165) is 12.8 Å². The van der Waals surface area contributed by atoms with Gasteiger partial charge in [-0.05, 0) is 50.5 Å². The summed E-state index contributed by atoms with van der Waals surface area (Å²) >= 11 is 0. The highest BCUT2D eigenvalue weighted by atomic mass is 16.5. The second-order valence-electron chi connectivity index (χ2n) is 7.33. The van der Waals surface area contributed by atoms with Crippen molar-refractivity contribution in [3.63, 3.8) is 0 Å². The van der Waals surface area contributed by atoms with Gasteiger partial charge in [-0.2, -0.15) is 0 Å². The first-order chi connectivity index (χ1) is 9.28. The van der Waals surface area contributed by atoms with Crippen LogP contribution in [0.15, 0.2) is 18.2 Å². The van der Waals surface area contributed by atoms with Crippen LogP contribution in [0.2, 0.25) is 0 Å². The molecule has 0 saturated heterocycles. The summed E-state index contributed by atoms with van der Waals surface area (Å²) in [5.74, 6) is 0. The Labute approximate surface area is 123 Å². The van der Waals surface area contributed by atoms with Crippen LogP contribution >= 0.6 is 0 Å². The first-order valence-electron chi connectivity index (χ1n) is 7.67. The quantitative estimate of drug-likeness (QED) is 0.893. The molecule has 1 atom stereocenters. The van der Waals surface area contributed by atoms with Crippen molar-refractivity contribution in [2.75, 3.05) is 7.11 Å². The average Bonchev–Trinajstić information content (AvgIpc) is 2.37. The minimum atomic E-state index is -0.199. The van der Waals surface area contributed by atoms with Gasteiger partial charge in [0.2, 0.25) is 0 Å². The zero-order valence-electron chi connectivity index (χ0n) is 13.6. The van der Waals surface area contributed by atoms with Gasteiger partial charge in [0.05, 0.1) is 11.6 Å². The zero-order valence-corrected chi connectivity index (χ0v) is 13.6. The Bertz CT molecular complexity index is 448. The van der Waals surface area contributed by atoms with E-state index < -0.39 is 0 Å². The van der Waals surface area contributed by atoms with Crippen LogP contribution in [0.5, 0.6) is 0 Å². The van der Waals surface area contributed by atoms with Crippen LogP contribution in [0.3, 0.4) is 0 Å². The molecule has 2 rings (SSSR count). The number of ether oxygens (including phenoxy) is 1. The molecule has 112 valence electrons. The Morgan fingerprint density at radius 1 is 1.00 bits per heavy atom. The van der Waals surface area contributed by atoms with Crippen molar-refractivity contribution in [1.82, 2.24) is 0 Å². The number of hydrogen-bond acceptors (Lipinski definition) is 2. The van der Waals surface area contributed by atoms with Gasteiger partial charge in [0.25, 0.3) is 0 Å². The molecular weight excluding hydrogens is 246 g/mol. The topological polar surface area (TPSA) is 35.2 Å². The Morgan fingerprint density at radius 2 is 1.50 bits per heavy atom. The molecular formula is C18H29NO. The molecule has 2 N–H and O–H groups in total. The van der Waals surface area contributed by atoms with Crippen LogP contribution < -0.4 is 5.73 Å². The van der Waals surface area contributed by atoms with Crippen molar-refractivity contribution in [2.24, 2.45) is 11.1 Å². The molecule has 1 unspecified atom stereocenters. The molecule has 1 aliphatic carbocycles. The van der Waals surface area contributed by atoms with Crippen molar-refractivity contribution < 1.29 is 4.74 Å². The van der Waals surface area contributed by atoms with Gasteiger partial charge in [0.15, 0.2) is 0 Å². The maximum atomic E-state index is 6.62. The second kappa shape index (κ2) is 5.50. The highest BCUT2D eigenvalue weighted by Crippen LogP contribution is 2.46. The first kappa shape index (κ1) is 15.5. The third-order valence-corrected chi connectivity index (χ3v) is 5.03. The maximum Gasteiger partial charge on any atom is 0.0870 e. The number of nitrogens with two attached hydrogens (primary N) is 1. The molecule has 1 aromatic carbocycles. The van der Waals surface area contributed by atoms with E-state index in [1.54, 1.807) is 0 Å². The van der Waals surface area contributed by atoms with E-state index in [4.69, 9.17) is 10.5 Å². The monoisotopic (exact) mass is 275 g/mol. The summed E-state index contributed by atoms with van der Waals surface area (Å²) in [7, 11) is 1.82. The lowest BCUT2D eigenvalue weighted by molar-refractivity contribution is -0.0794. The molecule has 0 aromatic heterocycles. The number of rotatable bonds is 3. The summed E-state index contributed by atoms with van der Waals surface area (Å²) in [6.07, 6.45) is 4.45. The highest BCUT2D eigenvalue weighted by molar-refractivity contribution is 5.32. The summed E-state index contributed by atoms with van der Waals surface area (Å²) in [6, 6.07) is 6.57. The summed E-state index contributed by atoms with van der Waals surface area (Å²) in [6.45, 7) is 8.95. The average molecular weight is 275 g/mol. The predicted molar refractivity (Wildman–Crippen MR) is 84.8 cm³/mol. The van der Waals surface area contributed by atoms with Crippen LogP contribution in [0.25, 0.3) is 0 Å². The molecule has 1 fully saturated rings. The van der Waals surface area contributed by atoms with Crippen LogP contribution in [-0.2, 0) is 4.74 Å². The minimum absolute atomic E-state index is 0.0396. The lowest BCUT2D eigenvalue weighted by atomic mass is 9.67. The molecule has 20 heavy (non-hydrogen) atoms. The molecule has 0 heterocycles. The molecule has 0 radical (unpaired) electrons. The van der Waals surface area contributed by atoms with Crippen LogP contribution in [0, 0.1) is 19.3 Å². The van der Waals surface area contributed by atoms with E-state index in [0.29, 0.717) is 5.41 Å². The van der Waals surface area contributed by atoms with Crippen molar-refractivity contribution in [1.29, 1.82) is 0 Å². The zero-order chi connectivity index (χ0) is 15.0. The molecule has 2 heteroatoms. The number of aryl methyl sites for hydroxylation is 2. The third-order valence-electron chi connectivity index (χ3n) is 5.03. The Morgan fingerprint density at radius 3 is 1.95 bits per heavy atom. The summed E-state index contributed by atoms with van der Waals surface area (Å²) in [5, 5.41) is 0. The van der Waals surface area contributed by atoms with Gasteiger partial charge in [-0.1, -0.05) is 43.2 Å². The van der Waals surface area contributed by atoms with Gasteiger partial charge < -0.3 is 10.5 Å². The van der Waals surface area contributed by atoms with Crippen molar-refractivity contribution in [3.8, 4) is 0 Å². The third kappa shape index (κ3) is 3.07. The van der Waals surface area contributed by atoms with Crippen molar-refractivity contribution >= 4 is 0 Å². The van der Waals surface area contributed by atoms with E-state index >= 15 is 0 Å². The Kier molecular flexibility index (Phi) is 4.27. The Hall–Kier alpha value is -0.860. The van der Waals surface area contributed by atoms with Crippen LogP contribution in [0.4, 0.5) is 0 Å². The molecule has 1 aliphatic rings. The molecule has 0 amide bonds. The van der Waals surface area contributed by atoms with Crippen LogP contribution in [-0.4, -0.2) is 12.7 Å². The smallest absolute Gasteiger partial charge is 0.0870 e. The fourth-order valence-corrected chi connectivity index (χ4v) is 3.49. The number of hydrogen-bond donors (Lipinski definition) is 1. The first-order valence-corrected chi connectivity index (χ1v) is 7.67. The predicted octanol–water partition coefficient (Wildman–Crippen LogP) is 4.29. The minimum Gasteiger partial charge on any atom is -0.376 e. The molecule has 2 nitrogen and oxygen atoms in total. The van der Waals surface area contributed by atoms with E-state index in [-0.39, 0.29) is 11.6 Å². The molecule has 1 saturated carbocycles. The van der Waals surface area contributed by atoms with Crippen molar-refractivity contribution in [3.05, 3.63) is 34.9 Å². The summed E-state index contributed by atoms with van der Waals surface area (Å²) in [5.41, 5.74) is 10.6. The SMILES string of the molecule is COC1(C(N)c2cc(C)cc(C)c2)CCC(C)(C)CC1. The summed E-state index contributed by atoms with van der Waals surface area (Å²) in [4.78, 5) is 0. The largest absolute Gasteiger partial charge is 0.376 e. The van der Waals surface area contributed by atoms with Gasteiger partial charge in [0, 0.05) is 7.11 Å². The standard InChI is InChI=1S/C18H29NO/c1-13-10-14(2)12-15(11-13)16(19)18(20-5)8-6-17(3,4)7-9-18/h10-12,16H,6-9,19H2,1-5H3. The van der Waals surface area contributed by atoms with Gasteiger partial charge in [-0.3, -0.25) is 0 Å². The Balaban J connectivity index is 2.27. The lowest BCUT2D eigenvalue weighted by Crippen LogP contribution is -2.47. The molecule has 0 spiro atoms. The van der Waals surface area contributed by atoms with E-state index in [2.05, 4.69) is 45.9 Å². The van der Waals surface area contributed by atoms with Gasteiger partial charge in [0.1, 0.15) is 0 Å². The van der Waals surface area contributed by atoms with E-state index in [9.17, 15) is 0 Å². The van der Waals surface area contributed by atoms with Crippen molar-refractivity contribution in [2.45, 2.75) is 65.0 Å². The maximum absolute atomic E-state index is 6.62. The van der Waals surface area contributed by atoms with E-state index in [1.165, 1.54) is 29.5 Å². The fraction of sp³-hybridized carbons (Fsp3) is 0.667. The van der Waals surface area contributed by atoms with Crippen LogP contribution in [0.1, 0.15) is 62.3 Å². The van der Waals surface area contributed by atoms with Gasteiger partial charge in [-0.25, -0.2) is 0 Å². The van der Waals surface area contributed by atoms with E-state index in [1.807, 2.05) is 7.11 Å². The number of methoxy groups -OCH3 is 1. The number of benzene rings is 1. The molecule has 0 bridgehead atoms.